The van der Waals surface area contributed by atoms with Crippen LogP contribution in [0.15, 0.2) is 12.2 Å². The first-order valence-electron chi connectivity index (χ1n) is 10.4. The lowest BCUT2D eigenvalue weighted by Gasteiger charge is -2.22. The second-order valence-electron chi connectivity index (χ2n) is 8.24. The van der Waals surface area contributed by atoms with E-state index in [9.17, 15) is 4.79 Å². The zero-order valence-electron chi connectivity index (χ0n) is 17.6. The van der Waals surface area contributed by atoms with Gasteiger partial charge in [-0.1, -0.05) is 72.8 Å². The van der Waals surface area contributed by atoms with Gasteiger partial charge in [0.1, 0.15) is 6.61 Å². The standard InChI is InChI=1S/C22H43NO2/c1-19(2)13-9-7-11-15-23(16-12-8-10-14-20(3)4)17-18-25-22(24)21(5)6/h19-20H,5,7-18H2,1-4,6H3. The van der Waals surface area contributed by atoms with Crippen molar-refractivity contribution in [3.63, 3.8) is 0 Å². The number of unbranched alkanes of at least 4 members (excludes halogenated alkanes) is 4. The van der Waals surface area contributed by atoms with Crippen LogP contribution in [0.25, 0.3) is 0 Å². The van der Waals surface area contributed by atoms with Gasteiger partial charge in [-0.15, -0.1) is 0 Å². The Morgan fingerprint density at radius 3 is 1.72 bits per heavy atom. The quantitative estimate of drug-likeness (QED) is 0.198. The van der Waals surface area contributed by atoms with Gasteiger partial charge in [0.2, 0.25) is 0 Å². The van der Waals surface area contributed by atoms with E-state index < -0.39 is 0 Å². The van der Waals surface area contributed by atoms with Crippen molar-refractivity contribution in [2.75, 3.05) is 26.2 Å². The number of nitrogens with zero attached hydrogens (tertiary/aromatic N) is 1. The smallest absolute Gasteiger partial charge is 0.333 e. The van der Waals surface area contributed by atoms with E-state index in [-0.39, 0.29) is 5.97 Å². The third-order valence-electron chi connectivity index (χ3n) is 4.50. The maximum atomic E-state index is 11.5. The van der Waals surface area contributed by atoms with Crippen molar-refractivity contribution in [1.82, 2.24) is 4.90 Å². The van der Waals surface area contributed by atoms with Gasteiger partial charge in [-0.3, -0.25) is 4.90 Å². The summed E-state index contributed by atoms with van der Waals surface area (Å²) in [6.45, 7) is 18.0. The van der Waals surface area contributed by atoms with Crippen LogP contribution in [0.2, 0.25) is 0 Å². The molecule has 0 unspecified atom stereocenters. The molecule has 0 bridgehead atoms. The molecule has 25 heavy (non-hydrogen) atoms. The number of rotatable bonds is 16. The predicted octanol–water partition coefficient (Wildman–Crippen LogP) is 5.84. The zero-order valence-corrected chi connectivity index (χ0v) is 17.6. The first-order valence-corrected chi connectivity index (χ1v) is 10.4. The molecule has 0 aliphatic carbocycles. The molecule has 0 aliphatic heterocycles. The fourth-order valence-corrected chi connectivity index (χ4v) is 2.86. The number of carbonyl (C=O) groups excluding carboxylic acids is 1. The zero-order chi connectivity index (χ0) is 19.1. The van der Waals surface area contributed by atoms with Gasteiger partial charge in [-0.2, -0.15) is 0 Å². The van der Waals surface area contributed by atoms with Crippen molar-refractivity contribution in [2.24, 2.45) is 11.8 Å². The molecular weight excluding hydrogens is 310 g/mol. The molecule has 0 saturated carbocycles. The Morgan fingerprint density at radius 1 is 0.840 bits per heavy atom. The number of esters is 1. The van der Waals surface area contributed by atoms with Crippen molar-refractivity contribution >= 4 is 5.97 Å². The van der Waals surface area contributed by atoms with E-state index >= 15 is 0 Å². The van der Waals surface area contributed by atoms with Crippen LogP contribution in [0, 0.1) is 11.8 Å². The largest absolute Gasteiger partial charge is 0.461 e. The Bertz CT molecular complexity index is 332. The highest BCUT2D eigenvalue weighted by atomic mass is 16.5. The minimum absolute atomic E-state index is 0.270. The molecule has 0 N–H and O–H groups in total. The molecule has 0 amide bonds. The van der Waals surface area contributed by atoms with Gasteiger partial charge in [-0.05, 0) is 44.7 Å². The molecule has 0 aromatic rings. The summed E-state index contributed by atoms with van der Waals surface area (Å²) >= 11 is 0. The molecule has 0 saturated heterocycles. The summed E-state index contributed by atoms with van der Waals surface area (Å²) in [7, 11) is 0. The molecule has 0 heterocycles. The lowest BCUT2D eigenvalue weighted by molar-refractivity contribution is -0.139. The first kappa shape index (κ1) is 24.2. The Labute approximate surface area is 157 Å². The van der Waals surface area contributed by atoms with Crippen LogP contribution >= 0.6 is 0 Å². The predicted molar refractivity (Wildman–Crippen MR) is 109 cm³/mol. The normalized spacial score (nSPS) is 11.5. The van der Waals surface area contributed by atoms with E-state index in [1.165, 1.54) is 51.4 Å². The van der Waals surface area contributed by atoms with Gasteiger partial charge in [0.15, 0.2) is 0 Å². The van der Waals surface area contributed by atoms with E-state index in [0.29, 0.717) is 12.2 Å². The molecule has 0 aliphatic rings. The maximum absolute atomic E-state index is 11.5. The van der Waals surface area contributed by atoms with Crippen LogP contribution in [0.4, 0.5) is 0 Å². The first-order chi connectivity index (χ1) is 11.8. The van der Waals surface area contributed by atoms with Gasteiger partial charge >= 0.3 is 5.97 Å². The number of hydrogen-bond donors (Lipinski definition) is 0. The van der Waals surface area contributed by atoms with Crippen molar-refractivity contribution in [3.05, 3.63) is 12.2 Å². The summed E-state index contributed by atoms with van der Waals surface area (Å²) in [6, 6.07) is 0. The third kappa shape index (κ3) is 16.4. The highest BCUT2D eigenvalue weighted by molar-refractivity contribution is 5.86. The molecule has 0 atom stereocenters. The van der Waals surface area contributed by atoms with Gasteiger partial charge in [-0.25, -0.2) is 4.79 Å². The molecule has 0 rings (SSSR count). The fraction of sp³-hybridized carbons (Fsp3) is 0.864. The molecule has 0 fully saturated rings. The molecular formula is C22H43NO2. The molecule has 0 aromatic heterocycles. The Morgan fingerprint density at radius 2 is 1.32 bits per heavy atom. The van der Waals surface area contributed by atoms with Gasteiger partial charge < -0.3 is 4.74 Å². The lowest BCUT2D eigenvalue weighted by atomic mass is 10.0. The van der Waals surface area contributed by atoms with Gasteiger partial charge in [0, 0.05) is 12.1 Å². The summed E-state index contributed by atoms with van der Waals surface area (Å²) in [5, 5.41) is 0. The highest BCUT2D eigenvalue weighted by Gasteiger charge is 2.08. The van der Waals surface area contributed by atoms with Crippen molar-refractivity contribution in [1.29, 1.82) is 0 Å². The lowest BCUT2D eigenvalue weighted by Crippen LogP contribution is -2.30. The number of carbonyl (C=O) groups is 1. The minimum Gasteiger partial charge on any atom is -0.461 e. The van der Waals surface area contributed by atoms with Crippen molar-refractivity contribution in [3.8, 4) is 0 Å². The molecule has 3 heteroatoms. The van der Waals surface area contributed by atoms with Crippen LogP contribution in [-0.4, -0.2) is 37.1 Å². The van der Waals surface area contributed by atoms with Gasteiger partial charge in [0.25, 0.3) is 0 Å². The molecule has 0 spiro atoms. The van der Waals surface area contributed by atoms with Gasteiger partial charge in [0.05, 0.1) is 0 Å². The van der Waals surface area contributed by atoms with Crippen LogP contribution in [0.5, 0.6) is 0 Å². The molecule has 0 radical (unpaired) electrons. The number of ether oxygens (including phenoxy) is 1. The average molecular weight is 354 g/mol. The van der Waals surface area contributed by atoms with Crippen molar-refractivity contribution < 1.29 is 9.53 Å². The highest BCUT2D eigenvalue weighted by Crippen LogP contribution is 2.11. The third-order valence-corrected chi connectivity index (χ3v) is 4.50. The van der Waals surface area contributed by atoms with Crippen LogP contribution < -0.4 is 0 Å². The number of hydrogen-bond acceptors (Lipinski definition) is 3. The molecule has 0 aromatic carbocycles. The monoisotopic (exact) mass is 353 g/mol. The Kier molecular flexibility index (Phi) is 14.9. The van der Waals surface area contributed by atoms with Crippen LogP contribution in [0.1, 0.15) is 86.0 Å². The van der Waals surface area contributed by atoms with E-state index in [1.807, 2.05) is 0 Å². The van der Waals surface area contributed by atoms with E-state index in [4.69, 9.17) is 4.74 Å². The van der Waals surface area contributed by atoms with Crippen LogP contribution in [-0.2, 0) is 9.53 Å². The summed E-state index contributed by atoms with van der Waals surface area (Å²) < 4.78 is 5.27. The van der Waals surface area contributed by atoms with Crippen molar-refractivity contribution in [2.45, 2.75) is 86.0 Å². The maximum Gasteiger partial charge on any atom is 0.333 e. The van der Waals surface area contributed by atoms with E-state index in [2.05, 4.69) is 39.2 Å². The minimum atomic E-state index is -0.270. The van der Waals surface area contributed by atoms with E-state index in [0.717, 1.165) is 31.5 Å². The SMILES string of the molecule is C=C(C)C(=O)OCCN(CCCCCC(C)C)CCCCCC(C)C. The van der Waals surface area contributed by atoms with E-state index in [1.54, 1.807) is 6.92 Å². The average Bonchev–Trinajstić information content (AvgIpc) is 2.52. The Balaban J connectivity index is 4.03. The summed E-state index contributed by atoms with van der Waals surface area (Å²) in [4.78, 5) is 14.0. The summed E-state index contributed by atoms with van der Waals surface area (Å²) in [5.74, 6) is 1.34. The summed E-state index contributed by atoms with van der Waals surface area (Å²) in [6.07, 6.45) is 10.4. The Hall–Kier alpha value is -0.830. The van der Waals surface area contributed by atoms with Crippen LogP contribution in [0.3, 0.4) is 0 Å². The second kappa shape index (κ2) is 15.4. The topological polar surface area (TPSA) is 29.5 Å². The second-order valence-corrected chi connectivity index (χ2v) is 8.24. The fourth-order valence-electron chi connectivity index (χ4n) is 2.86. The molecule has 3 nitrogen and oxygen atoms in total. The summed E-state index contributed by atoms with van der Waals surface area (Å²) in [5.41, 5.74) is 0.480. The molecule has 148 valence electrons.